The topological polar surface area (TPSA) is 148 Å². The van der Waals surface area contributed by atoms with Gasteiger partial charge in [-0.1, -0.05) is 26.0 Å². The van der Waals surface area contributed by atoms with Gasteiger partial charge in [0.25, 0.3) is 11.4 Å². The predicted molar refractivity (Wildman–Crippen MR) is 112 cm³/mol. The number of benzene rings is 2. The smallest absolute Gasteiger partial charge is 0.270 e. The first kappa shape index (κ1) is 22.9. The second-order valence-electron chi connectivity index (χ2n) is 6.14. The lowest BCUT2D eigenvalue weighted by Gasteiger charge is -2.20. The molecule has 12 heteroatoms. The van der Waals surface area contributed by atoms with E-state index in [1.807, 2.05) is 0 Å². The first-order chi connectivity index (χ1) is 14.1. The van der Waals surface area contributed by atoms with E-state index in [0.29, 0.717) is 11.3 Å². The Morgan fingerprint density at radius 1 is 1.03 bits per heavy atom. The van der Waals surface area contributed by atoms with Gasteiger partial charge in [0, 0.05) is 42.9 Å². The number of non-ortho nitro benzene ring substituents is 2. The molecule has 0 aliphatic heterocycles. The second-order valence-corrected chi connectivity index (χ2v) is 8.05. The van der Waals surface area contributed by atoms with Gasteiger partial charge in [-0.05, 0) is 13.0 Å². The maximum Gasteiger partial charge on any atom is 0.270 e. The standard InChI is InChI=1S/C18H21N5O6S/c1-4-21(5-2)30(28,29)18-12-16(23(26)27)9-10-17(18)20-19-13(3)14-7-6-8-15(11-14)22(24)25/h6-12,20H,4-5H2,1-3H3/b19-13+. The molecule has 0 radical (unpaired) electrons. The molecule has 0 heterocycles. The van der Waals surface area contributed by atoms with E-state index in [1.165, 1.54) is 34.6 Å². The summed E-state index contributed by atoms with van der Waals surface area (Å²) in [6.07, 6.45) is 0. The van der Waals surface area contributed by atoms with E-state index in [9.17, 15) is 28.6 Å². The summed E-state index contributed by atoms with van der Waals surface area (Å²) in [4.78, 5) is 20.6. The normalized spacial score (nSPS) is 12.1. The summed E-state index contributed by atoms with van der Waals surface area (Å²) in [5, 5.41) is 26.2. The minimum absolute atomic E-state index is 0.0530. The summed E-state index contributed by atoms with van der Waals surface area (Å²) in [5.74, 6) is 0. The Hall–Kier alpha value is -3.38. The van der Waals surface area contributed by atoms with Crippen molar-refractivity contribution < 1.29 is 18.3 Å². The molecule has 0 spiro atoms. The van der Waals surface area contributed by atoms with Crippen LogP contribution in [0.25, 0.3) is 0 Å². The van der Waals surface area contributed by atoms with E-state index in [0.717, 1.165) is 6.07 Å². The molecule has 0 aliphatic carbocycles. The van der Waals surface area contributed by atoms with E-state index in [-0.39, 0.29) is 35.0 Å². The fourth-order valence-corrected chi connectivity index (χ4v) is 4.31. The third-order valence-corrected chi connectivity index (χ3v) is 6.41. The van der Waals surface area contributed by atoms with Gasteiger partial charge < -0.3 is 0 Å². The highest BCUT2D eigenvalue weighted by Crippen LogP contribution is 2.29. The number of nitro groups is 2. The van der Waals surface area contributed by atoms with Crippen LogP contribution >= 0.6 is 0 Å². The maximum absolute atomic E-state index is 13.0. The highest BCUT2D eigenvalue weighted by molar-refractivity contribution is 7.89. The number of hydrogen-bond donors (Lipinski definition) is 1. The average molecular weight is 435 g/mol. The maximum atomic E-state index is 13.0. The fourth-order valence-electron chi connectivity index (χ4n) is 2.69. The summed E-state index contributed by atoms with van der Waals surface area (Å²) in [6.45, 7) is 5.30. The number of sulfonamides is 1. The lowest BCUT2D eigenvalue weighted by molar-refractivity contribution is -0.385. The van der Waals surface area contributed by atoms with Crippen molar-refractivity contribution in [3.63, 3.8) is 0 Å². The lowest BCUT2D eigenvalue weighted by atomic mass is 10.1. The zero-order valence-corrected chi connectivity index (χ0v) is 17.4. The molecule has 2 rings (SSSR count). The van der Waals surface area contributed by atoms with E-state index in [1.54, 1.807) is 26.8 Å². The van der Waals surface area contributed by atoms with E-state index >= 15 is 0 Å². The van der Waals surface area contributed by atoms with Crippen molar-refractivity contribution in [3.8, 4) is 0 Å². The molecule has 0 fully saturated rings. The van der Waals surface area contributed by atoms with Crippen LogP contribution in [-0.2, 0) is 10.0 Å². The zero-order chi connectivity index (χ0) is 22.5. The van der Waals surface area contributed by atoms with Crippen LogP contribution in [0.5, 0.6) is 0 Å². The van der Waals surface area contributed by atoms with Gasteiger partial charge in [-0.2, -0.15) is 9.41 Å². The molecule has 11 nitrogen and oxygen atoms in total. The van der Waals surface area contributed by atoms with Crippen LogP contribution in [0.3, 0.4) is 0 Å². The molecule has 0 unspecified atom stereocenters. The molecule has 1 N–H and O–H groups in total. The van der Waals surface area contributed by atoms with Crippen LogP contribution in [0, 0.1) is 20.2 Å². The van der Waals surface area contributed by atoms with Gasteiger partial charge >= 0.3 is 0 Å². The summed E-state index contributed by atoms with van der Waals surface area (Å²) in [5.41, 5.74) is 3.03. The Bertz CT molecular complexity index is 1100. The molecule has 0 saturated heterocycles. The third-order valence-electron chi connectivity index (χ3n) is 4.32. The van der Waals surface area contributed by atoms with Gasteiger partial charge in [0.15, 0.2) is 0 Å². The van der Waals surface area contributed by atoms with Gasteiger partial charge in [0.2, 0.25) is 10.0 Å². The van der Waals surface area contributed by atoms with E-state index in [4.69, 9.17) is 0 Å². The van der Waals surface area contributed by atoms with Crippen LogP contribution in [0.4, 0.5) is 17.1 Å². The lowest BCUT2D eigenvalue weighted by Crippen LogP contribution is -2.31. The SMILES string of the molecule is CCN(CC)S(=O)(=O)c1cc([N+](=O)[O-])ccc1N/N=C(\C)c1cccc([N+](=O)[O-])c1. The molecule has 2 aromatic carbocycles. The zero-order valence-electron chi connectivity index (χ0n) is 16.6. The van der Waals surface area contributed by atoms with Crippen molar-refractivity contribution in [1.82, 2.24) is 4.31 Å². The quantitative estimate of drug-likeness (QED) is 0.360. The van der Waals surface area contributed by atoms with Crippen LogP contribution in [0.2, 0.25) is 0 Å². The first-order valence-electron chi connectivity index (χ1n) is 8.95. The third kappa shape index (κ3) is 4.96. The van der Waals surface area contributed by atoms with Crippen molar-refractivity contribution in [2.75, 3.05) is 18.5 Å². The van der Waals surface area contributed by atoms with Crippen molar-refractivity contribution in [2.45, 2.75) is 25.7 Å². The minimum Gasteiger partial charge on any atom is -0.277 e. The van der Waals surface area contributed by atoms with E-state index < -0.39 is 19.9 Å². The largest absolute Gasteiger partial charge is 0.277 e. The number of anilines is 1. The summed E-state index contributed by atoms with van der Waals surface area (Å²) < 4.78 is 27.1. The average Bonchev–Trinajstić information content (AvgIpc) is 2.72. The number of hydrogen-bond acceptors (Lipinski definition) is 8. The Kier molecular flexibility index (Phi) is 7.19. The highest BCUT2D eigenvalue weighted by atomic mass is 32.2. The molecule has 0 aliphatic rings. The Morgan fingerprint density at radius 2 is 1.63 bits per heavy atom. The Labute approximate surface area is 173 Å². The van der Waals surface area contributed by atoms with Crippen molar-refractivity contribution in [3.05, 3.63) is 68.3 Å². The fraction of sp³-hybridized carbons (Fsp3) is 0.278. The summed E-state index contributed by atoms with van der Waals surface area (Å²) in [6, 6.07) is 9.22. The molecule has 2 aromatic rings. The molecule has 0 bridgehead atoms. The van der Waals surface area contributed by atoms with Crippen molar-refractivity contribution in [2.24, 2.45) is 5.10 Å². The minimum atomic E-state index is -4.01. The van der Waals surface area contributed by atoms with Crippen molar-refractivity contribution in [1.29, 1.82) is 0 Å². The highest BCUT2D eigenvalue weighted by Gasteiger charge is 2.27. The number of nitrogens with zero attached hydrogens (tertiary/aromatic N) is 4. The summed E-state index contributed by atoms with van der Waals surface area (Å²) >= 11 is 0. The van der Waals surface area contributed by atoms with Crippen LogP contribution in [0.15, 0.2) is 52.5 Å². The molecule has 160 valence electrons. The molecular weight excluding hydrogens is 414 g/mol. The van der Waals surface area contributed by atoms with Crippen LogP contribution in [0.1, 0.15) is 26.3 Å². The van der Waals surface area contributed by atoms with E-state index in [2.05, 4.69) is 10.5 Å². The molecule has 0 amide bonds. The first-order valence-corrected chi connectivity index (χ1v) is 10.4. The molecule has 0 aromatic heterocycles. The second kappa shape index (κ2) is 9.41. The molecular formula is C18H21N5O6S. The number of hydrazone groups is 1. The monoisotopic (exact) mass is 435 g/mol. The van der Waals surface area contributed by atoms with Gasteiger partial charge in [0.1, 0.15) is 4.90 Å². The molecule has 30 heavy (non-hydrogen) atoms. The van der Waals surface area contributed by atoms with Gasteiger partial charge in [-0.3, -0.25) is 25.7 Å². The Morgan fingerprint density at radius 3 is 2.20 bits per heavy atom. The van der Waals surface area contributed by atoms with Crippen LogP contribution in [-0.4, -0.2) is 41.4 Å². The van der Waals surface area contributed by atoms with Gasteiger partial charge in [-0.15, -0.1) is 0 Å². The van der Waals surface area contributed by atoms with Crippen LogP contribution < -0.4 is 5.43 Å². The number of rotatable bonds is 9. The number of nitro benzene ring substituents is 2. The van der Waals surface area contributed by atoms with Gasteiger partial charge in [0.05, 0.1) is 21.2 Å². The number of nitrogens with one attached hydrogen (secondary N) is 1. The summed E-state index contributed by atoms with van der Waals surface area (Å²) in [7, 11) is -4.01. The Balaban J connectivity index is 2.49. The van der Waals surface area contributed by atoms with Crippen molar-refractivity contribution >= 4 is 32.8 Å². The molecule has 0 atom stereocenters. The molecule has 0 saturated carbocycles. The van der Waals surface area contributed by atoms with Gasteiger partial charge in [-0.25, -0.2) is 8.42 Å². The predicted octanol–water partition coefficient (Wildman–Crippen LogP) is 3.37.